The number of fused-ring (bicyclic) bond motifs is 10. The summed E-state index contributed by atoms with van der Waals surface area (Å²) < 4.78 is 22.9. The number of aromatic nitrogens is 2. The van der Waals surface area contributed by atoms with Crippen LogP contribution in [-0.4, -0.2) is 15.8 Å². The molecular weight excluding hydrogens is 965 g/mol. The van der Waals surface area contributed by atoms with Crippen molar-refractivity contribution in [2.45, 2.75) is 40.0 Å². The maximum atomic E-state index is 18.0. The molecule has 4 nitrogen and oxygen atoms in total. The lowest BCUT2D eigenvalue weighted by Gasteiger charge is -2.45. The molecule has 0 spiro atoms. The summed E-state index contributed by atoms with van der Waals surface area (Å²) in [7, 11) is -3.69. The molecule has 0 saturated carbocycles. The fourth-order valence-electron chi connectivity index (χ4n) is 13.5. The van der Waals surface area contributed by atoms with Crippen LogP contribution < -0.4 is 37.2 Å². The van der Waals surface area contributed by atoms with Gasteiger partial charge in [-0.1, -0.05) is 214 Å². The Morgan fingerprint density at radius 2 is 0.885 bits per heavy atom. The van der Waals surface area contributed by atoms with E-state index in [4.69, 9.17) is 0 Å². The van der Waals surface area contributed by atoms with E-state index in [-0.39, 0.29) is 12.1 Å². The van der Waals surface area contributed by atoms with E-state index >= 15 is 4.57 Å². The molecule has 1 atom stereocenters. The van der Waals surface area contributed by atoms with Gasteiger partial charge >= 0.3 is 0 Å². The highest BCUT2D eigenvalue weighted by atomic mass is 31.2. The predicted molar refractivity (Wildman–Crippen MR) is 333 cm³/mol. The molecule has 4 heterocycles. The molecule has 11 aromatic carbocycles. The molecule has 0 aliphatic carbocycles. The van der Waals surface area contributed by atoms with Crippen molar-refractivity contribution in [1.29, 1.82) is 0 Å². The molecule has 0 amide bonds. The van der Waals surface area contributed by atoms with Gasteiger partial charge in [0.2, 0.25) is 6.71 Å². The van der Waals surface area contributed by atoms with Gasteiger partial charge in [0.25, 0.3) is 0 Å². The molecule has 15 rings (SSSR count). The fraction of sp³-hybridized carbons (Fsp3) is 0.0833. The number of hydrogen-bond donors (Lipinski definition) is 0. The van der Waals surface area contributed by atoms with Crippen LogP contribution in [0.4, 0.5) is 17.1 Å². The lowest BCUT2D eigenvalue weighted by atomic mass is 9.34. The van der Waals surface area contributed by atoms with Crippen LogP contribution >= 0.6 is 7.14 Å². The second kappa shape index (κ2) is 17.3. The van der Waals surface area contributed by atoms with Gasteiger partial charge in [-0.15, -0.1) is 0 Å². The minimum atomic E-state index is -3.69. The Hall–Kier alpha value is -8.89. The molecule has 372 valence electrons. The molecule has 1 unspecified atom stereocenters. The van der Waals surface area contributed by atoms with Crippen LogP contribution in [0, 0.1) is 13.8 Å². The molecule has 0 saturated heterocycles. The average Bonchev–Trinajstić information content (AvgIpc) is 2.45. The molecule has 0 bridgehead atoms. The second-order valence-electron chi connectivity index (χ2n) is 22.4. The van der Waals surface area contributed by atoms with Gasteiger partial charge in [-0.25, -0.2) is 0 Å². The first-order valence-corrected chi connectivity index (χ1v) is 28.9. The van der Waals surface area contributed by atoms with Gasteiger partial charge in [-0.3, -0.25) is 0 Å². The van der Waals surface area contributed by atoms with Gasteiger partial charge in [0.15, 0.2) is 7.14 Å². The Kier molecular flexibility index (Phi) is 10.3. The number of hydrogen-bond acceptors (Lipinski definition) is 2. The minimum Gasteiger partial charge on any atom is -0.310 e. The van der Waals surface area contributed by atoms with Crippen LogP contribution in [0.15, 0.2) is 243 Å². The third-order valence-corrected chi connectivity index (χ3v) is 20.4. The van der Waals surface area contributed by atoms with Gasteiger partial charge in [0, 0.05) is 60.1 Å². The van der Waals surface area contributed by atoms with Crippen molar-refractivity contribution in [2.75, 3.05) is 4.90 Å². The fourth-order valence-corrected chi connectivity index (χ4v) is 16.9. The van der Waals surface area contributed by atoms with Crippen molar-refractivity contribution in [3.05, 3.63) is 259 Å². The number of rotatable bonds is 6. The maximum Gasteiger partial charge on any atom is 0.248 e. The van der Waals surface area contributed by atoms with Crippen molar-refractivity contribution in [3.8, 4) is 33.6 Å². The van der Waals surface area contributed by atoms with E-state index in [0.29, 0.717) is 0 Å². The number of nitrogens with zero attached hydrogens (tertiary/aromatic N) is 3. The Balaban J connectivity index is 1.11. The Morgan fingerprint density at radius 1 is 0.410 bits per heavy atom. The highest BCUT2D eigenvalue weighted by molar-refractivity contribution is 7.87. The van der Waals surface area contributed by atoms with Crippen LogP contribution in [0.3, 0.4) is 0 Å². The van der Waals surface area contributed by atoms with Crippen LogP contribution in [-0.2, 0) is 9.98 Å². The highest BCUT2D eigenvalue weighted by Gasteiger charge is 2.51. The first-order valence-electron chi connectivity index (χ1n) is 27.2. The quantitative estimate of drug-likeness (QED) is 0.123. The number of benzene rings is 11. The molecule has 0 N–H and O–H groups in total. The largest absolute Gasteiger partial charge is 0.310 e. The van der Waals surface area contributed by atoms with E-state index in [2.05, 4.69) is 285 Å². The van der Waals surface area contributed by atoms with Gasteiger partial charge < -0.3 is 18.6 Å². The normalized spacial score (nSPS) is 14.8. The summed E-state index contributed by atoms with van der Waals surface area (Å²) >= 11 is 0. The summed E-state index contributed by atoms with van der Waals surface area (Å²) in [6, 6.07) is 88.3. The zero-order valence-electron chi connectivity index (χ0n) is 44.4. The zero-order valence-corrected chi connectivity index (χ0v) is 45.3. The second-order valence-corrected chi connectivity index (χ2v) is 25.1. The van der Waals surface area contributed by atoms with Gasteiger partial charge in [0.1, 0.15) is 0 Å². The van der Waals surface area contributed by atoms with Crippen molar-refractivity contribution in [2.24, 2.45) is 0 Å². The lowest BCUT2D eigenvalue weighted by molar-refractivity contribution is 0.588. The standard InChI is InChI=1S/C72H55BN3OP/c1-46-60(74-62-33-19-15-29-54(62)55-30-16-20-34-63(55)74)41-39-58-70(46)76(66-43-50(48-23-9-6-10-24-48)37-38-53(66)49-25-11-7-12-26-49)67-44-51(72(3,4)5)45-68-69(67)73(58)59-40-42-61(47(2)71(59)78(68,77)52-27-13-8-14-28-52)75-64-35-21-17-31-56(64)57-32-18-22-36-65(57)75/h6-45H,1-5H3. The highest BCUT2D eigenvalue weighted by Crippen LogP contribution is 2.52. The topological polar surface area (TPSA) is 30.2 Å². The van der Waals surface area contributed by atoms with Crippen molar-refractivity contribution < 1.29 is 4.57 Å². The molecule has 6 heteroatoms. The van der Waals surface area contributed by atoms with Gasteiger partial charge in [-0.2, -0.15) is 0 Å². The third-order valence-electron chi connectivity index (χ3n) is 17.1. The van der Waals surface area contributed by atoms with E-state index in [9.17, 15) is 0 Å². The first kappa shape index (κ1) is 46.4. The molecule has 78 heavy (non-hydrogen) atoms. The predicted octanol–water partition coefficient (Wildman–Crippen LogP) is 15.4. The zero-order chi connectivity index (χ0) is 52.6. The first-order chi connectivity index (χ1) is 38.1. The van der Waals surface area contributed by atoms with Crippen LogP contribution in [0.1, 0.15) is 37.5 Å². The number of anilines is 3. The van der Waals surface area contributed by atoms with E-state index in [1.54, 1.807) is 0 Å². The summed E-state index contributed by atoms with van der Waals surface area (Å²) in [6.07, 6.45) is 0. The van der Waals surface area contributed by atoms with E-state index < -0.39 is 7.14 Å². The Morgan fingerprint density at radius 3 is 1.42 bits per heavy atom. The smallest absolute Gasteiger partial charge is 0.248 e. The summed E-state index contributed by atoms with van der Waals surface area (Å²) in [5.41, 5.74) is 20.9. The minimum absolute atomic E-state index is 0.259. The van der Waals surface area contributed by atoms with E-state index in [1.165, 1.54) is 27.0 Å². The SMILES string of the molecule is Cc1c(-n2c3ccccc3c3ccccc32)ccc2c1N(c1cc(-c3ccccc3)ccc1-c1ccccc1)c1cc(C(C)(C)C)cc3c1B2c1ccc(-n2c4ccccc4c4ccccc42)c(C)c1P3(=O)c1ccccc1. The summed E-state index contributed by atoms with van der Waals surface area (Å²) in [5.74, 6) is 0. The summed E-state index contributed by atoms with van der Waals surface area (Å²) in [6.45, 7) is 11.2. The summed E-state index contributed by atoms with van der Waals surface area (Å²) in [4.78, 5) is 2.58. The van der Waals surface area contributed by atoms with Crippen LogP contribution in [0.25, 0.3) is 77.2 Å². The molecule has 2 aliphatic rings. The Bertz CT molecular complexity index is 4560. The van der Waals surface area contributed by atoms with Crippen molar-refractivity contribution in [3.63, 3.8) is 0 Å². The van der Waals surface area contributed by atoms with Gasteiger partial charge in [-0.05, 0) is 118 Å². The maximum absolute atomic E-state index is 18.0. The monoisotopic (exact) mass is 1020 g/mol. The van der Waals surface area contributed by atoms with E-state index in [0.717, 1.165) is 116 Å². The van der Waals surface area contributed by atoms with E-state index in [1.807, 2.05) is 6.07 Å². The Labute approximate surface area is 456 Å². The lowest BCUT2D eigenvalue weighted by Crippen LogP contribution is -2.69. The molecule has 0 fully saturated rings. The van der Waals surface area contributed by atoms with Crippen LogP contribution in [0.2, 0.25) is 0 Å². The third kappa shape index (κ3) is 6.65. The summed E-state index contributed by atoms with van der Waals surface area (Å²) in [5, 5.41) is 7.53. The molecular formula is C72H55BN3OP. The van der Waals surface area contributed by atoms with Crippen molar-refractivity contribution in [1.82, 2.24) is 9.13 Å². The molecule has 13 aromatic rings. The van der Waals surface area contributed by atoms with Gasteiger partial charge in [0.05, 0.1) is 33.4 Å². The van der Waals surface area contributed by atoms with Crippen molar-refractivity contribution >= 4 is 107 Å². The number of para-hydroxylation sites is 4. The molecule has 0 radical (unpaired) electrons. The molecule has 2 aliphatic heterocycles. The average molecular weight is 1020 g/mol. The molecule has 2 aromatic heterocycles. The van der Waals surface area contributed by atoms with Crippen LogP contribution in [0.5, 0.6) is 0 Å².